The van der Waals surface area contributed by atoms with E-state index in [0.29, 0.717) is 17.0 Å². The van der Waals surface area contributed by atoms with Crippen molar-refractivity contribution in [3.8, 4) is 11.3 Å². The number of aromatic carboxylic acids is 1. The highest BCUT2D eigenvalue weighted by molar-refractivity contribution is 7.80. The summed E-state index contributed by atoms with van der Waals surface area (Å²) in [5, 5.41) is 11.8. The van der Waals surface area contributed by atoms with Crippen molar-refractivity contribution >= 4 is 46.9 Å². The van der Waals surface area contributed by atoms with Crippen LogP contribution in [0, 0.1) is 0 Å². The molecular formula is C26H22N2O5S. The standard InChI is InChI=1S/C26H22N2O5S/c1-2-3-5-16-8-10-19(11-9-16)28-24(30)21(23(29)27-26(28)34)15-20-12-13-22(33-20)17-6-4-7-18(14-17)25(31)32/h4,6-15H,2-3,5H2,1H3,(H,31,32)(H,27,29,34)/b21-15+. The van der Waals surface area contributed by atoms with Gasteiger partial charge in [0.1, 0.15) is 17.1 Å². The molecule has 0 saturated carbocycles. The minimum absolute atomic E-state index is 0.0130. The third kappa shape index (κ3) is 4.82. The summed E-state index contributed by atoms with van der Waals surface area (Å²) in [5.41, 5.74) is 2.29. The maximum Gasteiger partial charge on any atom is 0.335 e. The van der Waals surface area contributed by atoms with Gasteiger partial charge in [0.15, 0.2) is 5.11 Å². The number of carbonyl (C=O) groups excluding carboxylic acids is 2. The van der Waals surface area contributed by atoms with Crippen LogP contribution in [0.4, 0.5) is 5.69 Å². The second kappa shape index (κ2) is 9.84. The molecule has 2 aromatic carbocycles. The molecule has 1 aromatic heterocycles. The molecule has 0 spiro atoms. The Balaban J connectivity index is 1.60. The lowest BCUT2D eigenvalue weighted by atomic mass is 10.1. The van der Waals surface area contributed by atoms with Crippen LogP contribution >= 0.6 is 12.2 Å². The number of nitrogens with zero attached hydrogens (tertiary/aromatic N) is 1. The topological polar surface area (TPSA) is 99.8 Å². The quantitative estimate of drug-likeness (QED) is 0.289. The number of hydrogen-bond donors (Lipinski definition) is 2. The highest BCUT2D eigenvalue weighted by Crippen LogP contribution is 2.27. The summed E-state index contributed by atoms with van der Waals surface area (Å²) in [7, 11) is 0. The van der Waals surface area contributed by atoms with Gasteiger partial charge in [0.2, 0.25) is 0 Å². The van der Waals surface area contributed by atoms with Crippen molar-refractivity contribution in [3.05, 3.63) is 83.1 Å². The number of anilines is 1. The highest BCUT2D eigenvalue weighted by atomic mass is 32.1. The zero-order valence-electron chi connectivity index (χ0n) is 18.4. The van der Waals surface area contributed by atoms with E-state index < -0.39 is 17.8 Å². The number of carboxylic acids is 1. The average Bonchev–Trinajstić information content (AvgIpc) is 3.30. The predicted octanol–water partition coefficient (Wildman–Crippen LogP) is 4.82. The zero-order valence-corrected chi connectivity index (χ0v) is 19.2. The molecule has 3 aromatic rings. The van der Waals surface area contributed by atoms with Gasteiger partial charge in [0.05, 0.1) is 11.3 Å². The summed E-state index contributed by atoms with van der Waals surface area (Å²) in [6.45, 7) is 2.13. The second-order valence-electron chi connectivity index (χ2n) is 7.82. The second-order valence-corrected chi connectivity index (χ2v) is 8.20. The smallest absolute Gasteiger partial charge is 0.335 e. The molecule has 0 atom stereocenters. The van der Waals surface area contributed by atoms with E-state index in [0.717, 1.165) is 24.8 Å². The molecule has 1 aliphatic heterocycles. The van der Waals surface area contributed by atoms with Gasteiger partial charge in [0.25, 0.3) is 11.8 Å². The molecule has 2 amide bonds. The predicted molar refractivity (Wildman–Crippen MR) is 132 cm³/mol. The fraction of sp³-hybridized carbons (Fsp3) is 0.154. The number of aryl methyl sites for hydroxylation is 1. The van der Waals surface area contributed by atoms with E-state index in [2.05, 4.69) is 12.2 Å². The van der Waals surface area contributed by atoms with Gasteiger partial charge in [-0.05, 0) is 73.1 Å². The highest BCUT2D eigenvalue weighted by Gasteiger charge is 2.34. The minimum Gasteiger partial charge on any atom is -0.478 e. The maximum absolute atomic E-state index is 13.2. The molecule has 7 nitrogen and oxygen atoms in total. The lowest BCUT2D eigenvalue weighted by Gasteiger charge is -2.28. The number of rotatable bonds is 7. The number of amides is 2. The van der Waals surface area contributed by atoms with Crippen LogP contribution in [0.5, 0.6) is 0 Å². The Labute approximate surface area is 201 Å². The molecule has 34 heavy (non-hydrogen) atoms. The number of nitrogens with one attached hydrogen (secondary N) is 1. The van der Waals surface area contributed by atoms with Crippen LogP contribution in [0.1, 0.15) is 41.4 Å². The van der Waals surface area contributed by atoms with Gasteiger partial charge in [-0.15, -0.1) is 0 Å². The maximum atomic E-state index is 13.2. The Morgan fingerprint density at radius 3 is 2.59 bits per heavy atom. The van der Waals surface area contributed by atoms with E-state index in [1.165, 1.54) is 23.1 Å². The van der Waals surface area contributed by atoms with Gasteiger partial charge in [0, 0.05) is 5.56 Å². The fourth-order valence-corrected chi connectivity index (χ4v) is 3.90. The largest absolute Gasteiger partial charge is 0.478 e. The number of carboxylic acid groups (broad SMARTS) is 1. The molecule has 1 saturated heterocycles. The molecule has 1 aliphatic rings. The van der Waals surface area contributed by atoms with Crippen LogP contribution < -0.4 is 10.2 Å². The van der Waals surface area contributed by atoms with Gasteiger partial charge in [-0.1, -0.05) is 37.6 Å². The Morgan fingerprint density at radius 1 is 1.12 bits per heavy atom. The van der Waals surface area contributed by atoms with E-state index in [9.17, 15) is 19.5 Å². The lowest BCUT2D eigenvalue weighted by molar-refractivity contribution is -0.122. The van der Waals surface area contributed by atoms with Gasteiger partial charge < -0.3 is 9.52 Å². The fourth-order valence-electron chi connectivity index (χ4n) is 3.62. The molecule has 2 heterocycles. The Bertz CT molecular complexity index is 1310. The van der Waals surface area contributed by atoms with E-state index in [1.807, 2.05) is 24.3 Å². The molecule has 8 heteroatoms. The summed E-state index contributed by atoms with van der Waals surface area (Å²) < 4.78 is 5.77. The van der Waals surface area contributed by atoms with E-state index in [1.54, 1.807) is 24.3 Å². The summed E-state index contributed by atoms with van der Waals surface area (Å²) in [6, 6.07) is 17.1. The van der Waals surface area contributed by atoms with Crippen LogP contribution in [0.3, 0.4) is 0 Å². The van der Waals surface area contributed by atoms with Crippen LogP contribution in [0.15, 0.2) is 70.7 Å². The van der Waals surface area contributed by atoms with Crippen LogP contribution in [0.25, 0.3) is 17.4 Å². The van der Waals surface area contributed by atoms with Crippen molar-refractivity contribution in [3.63, 3.8) is 0 Å². The molecular weight excluding hydrogens is 452 g/mol. The Kier molecular flexibility index (Phi) is 6.70. The number of carbonyl (C=O) groups is 3. The zero-order chi connectivity index (χ0) is 24.2. The van der Waals surface area contributed by atoms with Crippen LogP contribution in [-0.2, 0) is 16.0 Å². The summed E-state index contributed by atoms with van der Waals surface area (Å²) in [4.78, 5) is 38.3. The molecule has 1 fully saturated rings. The normalized spacial score (nSPS) is 15.0. The van der Waals surface area contributed by atoms with Crippen molar-refractivity contribution in [2.45, 2.75) is 26.2 Å². The average molecular weight is 475 g/mol. The molecule has 0 bridgehead atoms. The number of benzene rings is 2. The molecule has 2 N–H and O–H groups in total. The third-order valence-corrected chi connectivity index (χ3v) is 5.71. The van der Waals surface area contributed by atoms with Crippen LogP contribution in [0.2, 0.25) is 0 Å². The molecule has 4 rings (SSSR count). The number of furan rings is 1. The SMILES string of the molecule is CCCCc1ccc(N2C(=O)/C(=C/c3ccc(-c4cccc(C(=O)O)c4)o3)C(=O)NC2=S)cc1. The van der Waals surface area contributed by atoms with Crippen molar-refractivity contribution < 1.29 is 23.9 Å². The third-order valence-electron chi connectivity index (χ3n) is 5.42. The molecule has 172 valence electrons. The van der Waals surface area contributed by atoms with Crippen molar-refractivity contribution in [1.29, 1.82) is 0 Å². The number of hydrogen-bond acceptors (Lipinski definition) is 5. The van der Waals surface area contributed by atoms with E-state index >= 15 is 0 Å². The molecule has 0 radical (unpaired) electrons. The first kappa shape index (κ1) is 23.1. The summed E-state index contributed by atoms with van der Waals surface area (Å²) in [6.07, 6.45) is 4.48. The van der Waals surface area contributed by atoms with Crippen molar-refractivity contribution in [2.24, 2.45) is 0 Å². The van der Waals surface area contributed by atoms with Crippen molar-refractivity contribution in [1.82, 2.24) is 5.32 Å². The van der Waals surface area contributed by atoms with Gasteiger partial charge in [-0.2, -0.15) is 0 Å². The van der Waals surface area contributed by atoms with E-state index in [-0.39, 0.29) is 22.0 Å². The van der Waals surface area contributed by atoms with Gasteiger partial charge in [-0.3, -0.25) is 19.8 Å². The van der Waals surface area contributed by atoms with E-state index in [4.69, 9.17) is 16.6 Å². The van der Waals surface area contributed by atoms with Crippen LogP contribution in [-0.4, -0.2) is 28.0 Å². The van der Waals surface area contributed by atoms with Gasteiger partial charge in [-0.25, -0.2) is 4.79 Å². The first-order chi connectivity index (χ1) is 16.4. The first-order valence-electron chi connectivity index (χ1n) is 10.8. The Hall–Kier alpha value is -4.04. The summed E-state index contributed by atoms with van der Waals surface area (Å²) >= 11 is 5.26. The first-order valence-corrected chi connectivity index (χ1v) is 11.2. The Morgan fingerprint density at radius 2 is 1.88 bits per heavy atom. The van der Waals surface area contributed by atoms with Crippen molar-refractivity contribution in [2.75, 3.05) is 4.90 Å². The molecule has 0 aliphatic carbocycles. The molecule has 0 unspecified atom stereocenters. The summed E-state index contributed by atoms with van der Waals surface area (Å²) in [5.74, 6) is -1.53. The number of unbranched alkanes of at least 4 members (excludes halogenated alkanes) is 1. The van der Waals surface area contributed by atoms with Gasteiger partial charge >= 0.3 is 5.97 Å². The number of thiocarbonyl (C=S) groups is 1. The minimum atomic E-state index is -1.05. The lowest BCUT2D eigenvalue weighted by Crippen LogP contribution is -2.54. The monoisotopic (exact) mass is 474 g/mol.